The van der Waals surface area contributed by atoms with Gasteiger partial charge >= 0.3 is 0 Å². The molecule has 1 atom stereocenters. The Morgan fingerprint density at radius 3 is 2.36 bits per heavy atom. The van der Waals surface area contributed by atoms with E-state index in [1.165, 1.54) is 19.3 Å². The van der Waals surface area contributed by atoms with Crippen LogP contribution in [0.25, 0.3) is 0 Å². The third-order valence-corrected chi connectivity index (χ3v) is 2.50. The molecule has 0 fully saturated rings. The Morgan fingerprint density at radius 1 is 1.14 bits per heavy atom. The van der Waals surface area contributed by atoms with Crippen LogP contribution in [0.2, 0.25) is 0 Å². The fraction of sp³-hybridized carbons (Fsp3) is 1.00. The molecule has 0 spiro atoms. The molecule has 2 nitrogen and oxygen atoms in total. The fourth-order valence-corrected chi connectivity index (χ4v) is 1.67. The van der Waals surface area contributed by atoms with Gasteiger partial charge < -0.3 is 10.1 Å². The van der Waals surface area contributed by atoms with Crippen LogP contribution in [0.15, 0.2) is 0 Å². The second kappa shape index (κ2) is 9.47. The quantitative estimate of drug-likeness (QED) is 0.619. The molecule has 0 radical (unpaired) electrons. The first-order valence-corrected chi connectivity index (χ1v) is 5.93. The molecule has 0 amide bonds. The molecule has 0 aliphatic carbocycles. The maximum Gasteiger partial charge on any atom is 0.0477 e. The van der Waals surface area contributed by atoms with E-state index in [0.29, 0.717) is 6.04 Å². The van der Waals surface area contributed by atoms with Gasteiger partial charge in [-0.3, -0.25) is 0 Å². The minimum Gasteiger partial charge on any atom is -0.385 e. The molecular weight excluding hydrogens is 174 g/mol. The van der Waals surface area contributed by atoms with E-state index in [1.807, 2.05) is 0 Å². The van der Waals surface area contributed by atoms with Gasteiger partial charge in [-0.25, -0.2) is 0 Å². The SMILES string of the molecule is CCNC(CCCC(C)C)CCOC. The molecule has 0 bridgehead atoms. The van der Waals surface area contributed by atoms with Gasteiger partial charge in [-0.05, 0) is 25.3 Å². The Hall–Kier alpha value is -0.0800. The molecule has 0 aromatic rings. The van der Waals surface area contributed by atoms with Crippen LogP contribution in [0, 0.1) is 5.92 Å². The summed E-state index contributed by atoms with van der Waals surface area (Å²) in [7, 11) is 1.77. The van der Waals surface area contributed by atoms with E-state index in [9.17, 15) is 0 Å². The molecule has 14 heavy (non-hydrogen) atoms. The highest BCUT2D eigenvalue weighted by atomic mass is 16.5. The summed E-state index contributed by atoms with van der Waals surface area (Å²) in [6.45, 7) is 8.69. The van der Waals surface area contributed by atoms with Crippen LogP contribution in [-0.2, 0) is 4.74 Å². The van der Waals surface area contributed by atoms with Crippen LogP contribution in [-0.4, -0.2) is 26.3 Å². The second-order valence-corrected chi connectivity index (χ2v) is 4.36. The largest absolute Gasteiger partial charge is 0.385 e. The number of hydrogen-bond acceptors (Lipinski definition) is 2. The van der Waals surface area contributed by atoms with Crippen molar-refractivity contribution in [1.29, 1.82) is 0 Å². The first kappa shape index (κ1) is 13.9. The predicted molar refractivity (Wildman–Crippen MR) is 62.6 cm³/mol. The summed E-state index contributed by atoms with van der Waals surface area (Å²) in [4.78, 5) is 0. The molecule has 1 N–H and O–H groups in total. The van der Waals surface area contributed by atoms with Crippen molar-refractivity contribution in [3.05, 3.63) is 0 Å². The van der Waals surface area contributed by atoms with Crippen LogP contribution in [0.1, 0.15) is 46.5 Å². The smallest absolute Gasteiger partial charge is 0.0477 e. The molecule has 0 aromatic heterocycles. The summed E-state index contributed by atoms with van der Waals surface area (Å²) in [5, 5.41) is 3.51. The molecule has 0 aromatic carbocycles. The third-order valence-electron chi connectivity index (χ3n) is 2.50. The normalized spacial score (nSPS) is 13.5. The minimum absolute atomic E-state index is 0.652. The number of ether oxygens (including phenoxy) is 1. The molecule has 2 heteroatoms. The molecule has 0 saturated carbocycles. The number of methoxy groups -OCH3 is 1. The first-order valence-electron chi connectivity index (χ1n) is 5.93. The molecule has 86 valence electrons. The third kappa shape index (κ3) is 8.52. The lowest BCUT2D eigenvalue weighted by Gasteiger charge is -2.17. The zero-order chi connectivity index (χ0) is 10.8. The van der Waals surface area contributed by atoms with E-state index in [1.54, 1.807) is 7.11 Å². The highest BCUT2D eigenvalue weighted by Crippen LogP contribution is 2.10. The van der Waals surface area contributed by atoms with Crippen molar-refractivity contribution in [3.63, 3.8) is 0 Å². The topological polar surface area (TPSA) is 21.3 Å². The maximum absolute atomic E-state index is 5.11. The summed E-state index contributed by atoms with van der Waals surface area (Å²) < 4.78 is 5.11. The summed E-state index contributed by atoms with van der Waals surface area (Å²) >= 11 is 0. The van der Waals surface area contributed by atoms with E-state index in [0.717, 1.165) is 25.5 Å². The van der Waals surface area contributed by atoms with Crippen LogP contribution in [0.3, 0.4) is 0 Å². The number of nitrogens with one attached hydrogen (secondary N) is 1. The average molecular weight is 201 g/mol. The van der Waals surface area contributed by atoms with E-state index in [-0.39, 0.29) is 0 Å². The standard InChI is InChI=1S/C12H27NO/c1-5-13-12(9-10-14-4)8-6-7-11(2)3/h11-13H,5-10H2,1-4H3. The van der Waals surface area contributed by atoms with Crippen molar-refractivity contribution < 1.29 is 4.74 Å². The number of rotatable bonds is 9. The van der Waals surface area contributed by atoms with Gasteiger partial charge in [0.2, 0.25) is 0 Å². The molecular formula is C12H27NO. The second-order valence-electron chi connectivity index (χ2n) is 4.36. The lowest BCUT2D eigenvalue weighted by Crippen LogP contribution is -2.30. The summed E-state index contributed by atoms with van der Waals surface area (Å²) in [5.74, 6) is 0.833. The highest BCUT2D eigenvalue weighted by Gasteiger charge is 2.06. The van der Waals surface area contributed by atoms with E-state index in [2.05, 4.69) is 26.1 Å². The monoisotopic (exact) mass is 201 g/mol. The van der Waals surface area contributed by atoms with Crippen molar-refractivity contribution in [2.45, 2.75) is 52.5 Å². The average Bonchev–Trinajstić information content (AvgIpc) is 2.13. The molecule has 0 heterocycles. The van der Waals surface area contributed by atoms with Gasteiger partial charge in [0, 0.05) is 19.8 Å². The minimum atomic E-state index is 0.652. The fourth-order valence-electron chi connectivity index (χ4n) is 1.67. The molecule has 1 unspecified atom stereocenters. The van der Waals surface area contributed by atoms with Crippen LogP contribution in [0.4, 0.5) is 0 Å². The molecule has 0 saturated heterocycles. The van der Waals surface area contributed by atoms with Gasteiger partial charge in [-0.1, -0.05) is 33.6 Å². The summed E-state index contributed by atoms with van der Waals surface area (Å²) in [5.41, 5.74) is 0. The molecule has 0 aliphatic heterocycles. The Balaban J connectivity index is 3.50. The molecule has 0 rings (SSSR count). The van der Waals surface area contributed by atoms with Crippen molar-refractivity contribution in [2.75, 3.05) is 20.3 Å². The summed E-state index contributed by atoms with van der Waals surface area (Å²) in [6, 6.07) is 0.652. The van der Waals surface area contributed by atoms with Crippen LogP contribution < -0.4 is 5.32 Å². The lowest BCUT2D eigenvalue weighted by atomic mass is 10.0. The van der Waals surface area contributed by atoms with E-state index >= 15 is 0 Å². The van der Waals surface area contributed by atoms with Crippen molar-refractivity contribution >= 4 is 0 Å². The predicted octanol–water partition coefficient (Wildman–Crippen LogP) is 2.83. The first-order chi connectivity index (χ1) is 6.70. The Labute approximate surface area is 89.4 Å². The van der Waals surface area contributed by atoms with Crippen LogP contribution >= 0.6 is 0 Å². The Morgan fingerprint density at radius 2 is 1.86 bits per heavy atom. The Bertz CT molecular complexity index is 115. The van der Waals surface area contributed by atoms with Crippen molar-refractivity contribution in [3.8, 4) is 0 Å². The van der Waals surface area contributed by atoms with Gasteiger partial charge in [0.05, 0.1) is 0 Å². The van der Waals surface area contributed by atoms with E-state index < -0.39 is 0 Å². The van der Waals surface area contributed by atoms with Gasteiger partial charge in [0.25, 0.3) is 0 Å². The maximum atomic E-state index is 5.11. The number of hydrogen-bond donors (Lipinski definition) is 1. The van der Waals surface area contributed by atoms with Crippen molar-refractivity contribution in [1.82, 2.24) is 5.32 Å². The van der Waals surface area contributed by atoms with Crippen molar-refractivity contribution in [2.24, 2.45) is 5.92 Å². The van der Waals surface area contributed by atoms with Gasteiger partial charge in [0.1, 0.15) is 0 Å². The van der Waals surface area contributed by atoms with Gasteiger partial charge in [-0.2, -0.15) is 0 Å². The molecule has 0 aliphatic rings. The zero-order valence-corrected chi connectivity index (χ0v) is 10.3. The highest BCUT2D eigenvalue weighted by molar-refractivity contribution is 4.66. The van der Waals surface area contributed by atoms with Crippen LogP contribution in [0.5, 0.6) is 0 Å². The zero-order valence-electron chi connectivity index (χ0n) is 10.3. The van der Waals surface area contributed by atoms with Gasteiger partial charge in [0.15, 0.2) is 0 Å². The Kier molecular flexibility index (Phi) is 9.42. The lowest BCUT2D eigenvalue weighted by molar-refractivity contribution is 0.180. The summed E-state index contributed by atoms with van der Waals surface area (Å²) in [6.07, 6.45) is 5.10. The van der Waals surface area contributed by atoms with E-state index in [4.69, 9.17) is 4.74 Å². The van der Waals surface area contributed by atoms with Gasteiger partial charge in [-0.15, -0.1) is 0 Å².